The summed E-state index contributed by atoms with van der Waals surface area (Å²) in [5, 5.41) is 4.47. The average molecular weight is 228 g/mol. The fourth-order valence-electron chi connectivity index (χ4n) is 1.92. The fourth-order valence-corrected chi connectivity index (χ4v) is 1.92. The van der Waals surface area contributed by atoms with E-state index < -0.39 is 0 Å². The largest absolute Gasteiger partial charge is 0.399 e. The van der Waals surface area contributed by atoms with E-state index in [2.05, 4.69) is 10.1 Å². The molecule has 88 valence electrons. The summed E-state index contributed by atoms with van der Waals surface area (Å²) in [6.07, 6.45) is 3.30. The first-order chi connectivity index (χ1) is 8.22. The Kier molecular flexibility index (Phi) is 2.35. The van der Waals surface area contributed by atoms with Gasteiger partial charge in [0.2, 0.25) is 0 Å². The van der Waals surface area contributed by atoms with Gasteiger partial charge in [0.1, 0.15) is 5.82 Å². The van der Waals surface area contributed by atoms with E-state index in [0.717, 1.165) is 23.8 Å². The molecule has 0 atom stereocenters. The molecule has 1 aliphatic rings. The van der Waals surface area contributed by atoms with Gasteiger partial charge in [-0.3, -0.25) is 4.68 Å². The van der Waals surface area contributed by atoms with Gasteiger partial charge in [-0.1, -0.05) is 12.1 Å². The molecule has 0 saturated heterocycles. The summed E-state index contributed by atoms with van der Waals surface area (Å²) in [5.74, 6) is 2.65. The molecule has 4 nitrogen and oxygen atoms in total. The van der Waals surface area contributed by atoms with Crippen LogP contribution in [0.3, 0.4) is 0 Å². The molecule has 0 amide bonds. The first-order valence-corrected chi connectivity index (χ1v) is 5.96. The van der Waals surface area contributed by atoms with Gasteiger partial charge in [-0.15, -0.1) is 0 Å². The molecule has 4 heteroatoms. The summed E-state index contributed by atoms with van der Waals surface area (Å²) in [7, 11) is 1.96. The molecule has 2 N–H and O–H groups in total. The number of hydrogen-bond donors (Lipinski definition) is 1. The second-order valence-corrected chi connectivity index (χ2v) is 4.70. The first-order valence-electron chi connectivity index (χ1n) is 5.96. The highest BCUT2D eigenvalue weighted by Gasteiger charge is 2.28. The number of aryl methyl sites for hydroxylation is 1. The highest BCUT2D eigenvalue weighted by atomic mass is 15.3. The Morgan fingerprint density at radius 2 is 2.00 bits per heavy atom. The van der Waals surface area contributed by atoms with Gasteiger partial charge >= 0.3 is 0 Å². The second kappa shape index (κ2) is 3.87. The molecule has 3 rings (SSSR count). The Labute approximate surface area is 100 Å². The van der Waals surface area contributed by atoms with Crippen LogP contribution < -0.4 is 5.73 Å². The number of anilines is 1. The summed E-state index contributed by atoms with van der Waals surface area (Å²) in [4.78, 5) is 4.61. The Morgan fingerprint density at radius 1 is 1.29 bits per heavy atom. The van der Waals surface area contributed by atoms with Crippen LogP contribution in [0.4, 0.5) is 5.69 Å². The van der Waals surface area contributed by atoms with E-state index in [0.29, 0.717) is 5.92 Å². The second-order valence-electron chi connectivity index (χ2n) is 4.70. The molecule has 0 bridgehead atoms. The quantitative estimate of drug-likeness (QED) is 0.816. The van der Waals surface area contributed by atoms with Crippen molar-refractivity contribution in [3.63, 3.8) is 0 Å². The lowest BCUT2D eigenvalue weighted by atomic mass is 10.1. The average Bonchev–Trinajstić information content (AvgIpc) is 3.09. The zero-order chi connectivity index (χ0) is 11.8. The van der Waals surface area contributed by atoms with Crippen molar-refractivity contribution in [3.8, 4) is 0 Å². The Balaban J connectivity index is 1.81. The molecule has 0 unspecified atom stereocenters. The van der Waals surface area contributed by atoms with Gasteiger partial charge < -0.3 is 5.73 Å². The fraction of sp³-hybridized carbons (Fsp3) is 0.385. The van der Waals surface area contributed by atoms with Gasteiger partial charge in [0, 0.05) is 25.1 Å². The molecular weight excluding hydrogens is 212 g/mol. The van der Waals surface area contributed by atoms with Crippen LogP contribution in [0.15, 0.2) is 24.3 Å². The van der Waals surface area contributed by atoms with Crippen molar-refractivity contribution >= 4 is 5.69 Å². The SMILES string of the molecule is Cn1nc(C2CC2)nc1Cc1ccc(N)cc1. The van der Waals surface area contributed by atoms with Crippen molar-refractivity contribution in [2.75, 3.05) is 5.73 Å². The van der Waals surface area contributed by atoms with E-state index in [-0.39, 0.29) is 0 Å². The molecule has 2 aromatic rings. The number of aromatic nitrogens is 3. The van der Waals surface area contributed by atoms with E-state index in [1.54, 1.807) is 0 Å². The Morgan fingerprint density at radius 3 is 2.65 bits per heavy atom. The molecule has 1 heterocycles. The summed E-state index contributed by atoms with van der Waals surface area (Å²) >= 11 is 0. The zero-order valence-corrected chi connectivity index (χ0v) is 9.93. The van der Waals surface area contributed by atoms with Crippen LogP contribution in [-0.4, -0.2) is 14.8 Å². The van der Waals surface area contributed by atoms with Crippen LogP contribution >= 0.6 is 0 Å². The number of hydrogen-bond acceptors (Lipinski definition) is 3. The molecule has 0 aliphatic heterocycles. The molecule has 1 aromatic heterocycles. The third kappa shape index (κ3) is 2.16. The van der Waals surface area contributed by atoms with Crippen molar-refractivity contribution in [1.29, 1.82) is 0 Å². The van der Waals surface area contributed by atoms with Crippen molar-refractivity contribution in [2.24, 2.45) is 7.05 Å². The number of benzene rings is 1. The lowest BCUT2D eigenvalue weighted by Crippen LogP contribution is -2.00. The number of nitrogen functional groups attached to an aromatic ring is 1. The predicted molar refractivity (Wildman–Crippen MR) is 66.6 cm³/mol. The van der Waals surface area contributed by atoms with E-state index in [1.165, 1.54) is 18.4 Å². The lowest BCUT2D eigenvalue weighted by Gasteiger charge is -2.01. The van der Waals surface area contributed by atoms with Crippen LogP contribution in [0.25, 0.3) is 0 Å². The lowest BCUT2D eigenvalue weighted by molar-refractivity contribution is 0.706. The van der Waals surface area contributed by atoms with Crippen molar-refractivity contribution in [2.45, 2.75) is 25.2 Å². The van der Waals surface area contributed by atoms with Gasteiger partial charge in [-0.2, -0.15) is 5.10 Å². The first kappa shape index (κ1) is 10.3. The minimum Gasteiger partial charge on any atom is -0.399 e. The van der Waals surface area contributed by atoms with Gasteiger partial charge in [0.05, 0.1) is 0 Å². The minimum atomic E-state index is 0.612. The normalized spacial score (nSPS) is 15.1. The molecule has 0 radical (unpaired) electrons. The molecule has 1 aliphatic carbocycles. The third-order valence-electron chi connectivity index (χ3n) is 3.15. The van der Waals surface area contributed by atoms with E-state index >= 15 is 0 Å². The predicted octanol–water partition coefficient (Wildman–Crippen LogP) is 1.87. The van der Waals surface area contributed by atoms with Crippen molar-refractivity contribution in [3.05, 3.63) is 41.5 Å². The maximum Gasteiger partial charge on any atom is 0.154 e. The number of rotatable bonds is 3. The molecule has 1 saturated carbocycles. The zero-order valence-electron chi connectivity index (χ0n) is 9.93. The maximum atomic E-state index is 5.67. The minimum absolute atomic E-state index is 0.612. The number of nitrogens with two attached hydrogens (primary N) is 1. The van der Waals surface area contributed by atoms with Crippen LogP contribution in [0.1, 0.15) is 36.0 Å². The molecule has 0 spiro atoms. The summed E-state index contributed by atoms with van der Waals surface area (Å²) < 4.78 is 1.89. The standard InChI is InChI=1S/C13H16N4/c1-17-12(15-13(16-17)10-4-5-10)8-9-2-6-11(14)7-3-9/h2-3,6-7,10H,4-5,8,14H2,1H3. The monoisotopic (exact) mass is 228 g/mol. The van der Waals surface area contributed by atoms with Gasteiger partial charge in [-0.25, -0.2) is 4.98 Å². The summed E-state index contributed by atoms with van der Waals surface area (Å²) in [6.45, 7) is 0. The smallest absolute Gasteiger partial charge is 0.154 e. The molecule has 17 heavy (non-hydrogen) atoms. The topological polar surface area (TPSA) is 56.7 Å². The van der Waals surface area contributed by atoms with Crippen molar-refractivity contribution < 1.29 is 0 Å². The van der Waals surface area contributed by atoms with E-state index in [9.17, 15) is 0 Å². The summed E-state index contributed by atoms with van der Waals surface area (Å²) in [6, 6.07) is 7.93. The van der Waals surface area contributed by atoms with Crippen molar-refractivity contribution in [1.82, 2.24) is 14.8 Å². The summed E-state index contributed by atoms with van der Waals surface area (Å²) in [5.41, 5.74) is 7.69. The van der Waals surface area contributed by atoms with Crippen LogP contribution in [0, 0.1) is 0 Å². The third-order valence-corrected chi connectivity index (χ3v) is 3.15. The van der Waals surface area contributed by atoms with Crippen LogP contribution in [0.5, 0.6) is 0 Å². The van der Waals surface area contributed by atoms with Gasteiger partial charge in [0.15, 0.2) is 5.82 Å². The van der Waals surface area contributed by atoms with Crippen LogP contribution in [-0.2, 0) is 13.5 Å². The van der Waals surface area contributed by atoms with E-state index in [4.69, 9.17) is 5.73 Å². The Hall–Kier alpha value is -1.84. The molecule has 1 fully saturated rings. The highest BCUT2D eigenvalue weighted by Crippen LogP contribution is 2.38. The highest BCUT2D eigenvalue weighted by molar-refractivity contribution is 5.39. The van der Waals surface area contributed by atoms with Crippen LogP contribution in [0.2, 0.25) is 0 Å². The Bertz CT molecular complexity index is 523. The van der Waals surface area contributed by atoms with E-state index in [1.807, 2.05) is 36.0 Å². The maximum absolute atomic E-state index is 5.67. The molecular formula is C13H16N4. The van der Waals surface area contributed by atoms with Gasteiger partial charge in [-0.05, 0) is 30.5 Å². The number of nitrogens with zero attached hydrogens (tertiary/aromatic N) is 3. The van der Waals surface area contributed by atoms with Gasteiger partial charge in [0.25, 0.3) is 0 Å². The molecule has 1 aromatic carbocycles.